The number of carbonyl (C=O) groups is 1. The highest BCUT2D eigenvalue weighted by Gasteiger charge is 2.12. The van der Waals surface area contributed by atoms with Crippen molar-refractivity contribution in [2.75, 3.05) is 26.2 Å². The van der Waals surface area contributed by atoms with Gasteiger partial charge in [-0.15, -0.1) is 0 Å². The van der Waals surface area contributed by atoms with Gasteiger partial charge in [0, 0.05) is 6.54 Å². The smallest absolute Gasteiger partial charge is 0.277 e. The molecule has 0 radical (unpaired) electrons. The average molecular weight is 266 g/mol. The molecule has 0 aromatic heterocycles. The van der Waals surface area contributed by atoms with E-state index in [1.165, 1.54) is 31.4 Å². The molecule has 1 aliphatic rings. The number of nitrogens with zero attached hydrogens (tertiary/aromatic N) is 1. The van der Waals surface area contributed by atoms with Crippen molar-refractivity contribution in [3.8, 4) is 0 Å². The first kappa shape index (κ1) is 14.0. The van der Waals surface area contributed by atoms with Crippen molar-refractivity contribution in [3.63, 3.8) is 0 Å². The Labute approximate surface area is 112 Å². The molecule has 1 heterocycles. The monoisotopic (exact) mass is 266 g/mol. The van der Waals surface area contributed by atoms with Gasteiger partial charge in [-0.1, -0.05) is 18.6 Å². The van der Waals surface area contributed by atoms with Crippen LogP contribution < -0.4 is 5.48 Å². The fourth-order valence-corrected chi connectivity index (χ4v) is 2.17. The van der Waals surface area contributed by atoms with Gasteiger partial charge in [0.1, 0.15) is 5.82 Å². The van der Waals surface area contributed by atoms with Crippen molar-refractivity contribution in [3.05, 3.63) is 35.6 Å². The lowest BCUT2D eigenvalue weighted by molar-refractivity contribution is 0.0203. The summed E-state index contributed by atoms with van der Waals surface area (Å²) in [6, 6.07) is 5.84. The molecule has 0 atom stereocenters. The van der Waals surface area contributed by atoms with Crippen LogP contribution in [0.1, 0.15) is 29.6 Å². The lowest BCUT2D eigenvalue weighted by Crippen LogP contribution is -2.35. The van der Waals surface area contributed by atoms with Crippen LogP contribution in [0.25, 0.3) is 0 Å². The summed E-state index contributed by atoms with van der Waals surface area (Å²) in [5.41, 5.74) is 2.27. The number of benzene rings is 1. The van der Waals surface area contributed by atoms with Crippen LogP contribution in [0.2, 0.25) is 0 Å². The molecule has 1 aromatic rings. The van der Waals surface area contributed by atoms with E-state index in [1.807, 2.05) is 0 Å². The molecule has 1 saturated heterocycles. The topological polar surface area (TPSA) is 41.6 Å². The van der Waals surface area contributed by atoms with E-state index in [1.54, 1.807) is 12.1 Å². The van der Waals surface area contributed by atoms with Crippen molar-refractivity contribution in [2.24, 2.45) is 0 Å². The van der Waals surface area contributed by atoms with Crippen molar-refractivity contribution >= 4 is 5.91 Å². The van der Waals surface area contributed by atoms with E-state index in [-0.39, 0.29) is 5.56 Å². The van der Waals surface area contributed by atoms with Gasteiger partial charge in [-0.2, -0.15) is 0 Å². The van der Waals surface area contributed by atoms with E-state index in [0.717, 1.165) is 19.6 Å². The number of carbonyl (C=O) groups excluding carboxylic acids is 1. The SMILES string of the molecule is O=C(NOCCN1CCCCC1)c1ccccc1F. The predicted octanol–water partition coefficient (Wildman–Crippen LogP) is 1.97. The van der Waals surface area contributed by atoms with Crippen molar-refractivity contribution in [2.45, 2.75) is 19.3 Å². The van der Waals surface area contributed by atoms with Crippen molar-refractivity contribution < 1.29 is 14.0 Å². The molecule has 104 valence electrons. The molecule has 5 heteroatoms. The van der Waals surface area contributed by atoms with Crippen LogP contribution >= 0.6 is 0 Å². The largest absolute Gasteiger partial charge is 0.301 e. The van der Waals surface area contributed by atoms with E-state index < -0.39 is 11.7 Å². The van der Waals surface area contributed by atoms with Gasteiger partial charge in [0.25, 0.3) is 5.91 Å². The molecule has 0 unspecified atom stereocenters. The van der Waals surface area contributed by atoms with Gasteiger partial charge in [-0.05, 0) is 38.1 Å². The minimum absolute atomic E-state index is 0.000438. The first-order valence-electron chi connectivity index (χ1n) is 6.66. The van der Waals surface area contributed by atoms with Crippen LogP contribution in [-0.2, 0) is 4.84 Å². The Morgan fingerprint density at radius 1 is 1.26 bits per heavy atom. The second-order valence-corrected chi connectivity index (χ2v) is 4.66. The third kappa shape index (κ3) is 4.29. The zero-order valence-corrected chi connectivity index (χ0v) is 10.9. The Balaban J connectivity index is 1.68. The Hall–Kier alpha value is -1.46. The zero-order chi connectivity index (χ0) is 13.5. The molecule has 1 amide bonds. The molecular weight excluding hydrogens is 247 g/mol. The molecule has 1 aromatic carbocycles. The summed E-state index contributed by atoms with van der Waals surface area (Å²) in [6.07, 6.45) is 3.74. The first-order valence-corrected chi connectivity index (χ1v) is 6.66. The highest BCUT2D eigenvalue weighted by molar-refractivity contribution is 5.93. The number of nitrogens with one attached hydrogen (secondary N) is 1. The molecule has 1 aliphatic heterocycles. The average Bonchev–Trinajstić information content (AvgIpc) is 2.45. The van der Waals surface area contributed by atoms with Crippen LogP contribution in [0.15, 0.2) is 24.3 Å². The maximum atomic E-state index is 13.3. The lowest BCUT2D eigenvalue weighted by atomic mass is 10.1. The highest BCUT2D eigenvalue weighted by atomic mass is 19.1. The van der Waals surface area contributed by atoms with Gasteiger partial charge in [0.05, 0.1) is 12.2 Å². The number of amides is 1. The van der Waals surface area contributed by atoms with Crippen LogP contribution in [0.5, 0.6) is 0 Å². The molecule has 0 spiro atoms. The number of hydrogen-bond donors (Lipinski definition) is 1. The summed E-state index contributed by atoms with van der Waals surface area (Å²) < 4.78 is 13.3. The number of hydroxylamine groups is 1. The van der Waals surface area contributed by atoms with Gasteiger partial charge in [-0.3, -0.25) is 9.63 Å². The van der Waals surface area contributed by atoms with Crippen LogP contribution in [0.3, 0.4) is 0 Å². The Bertz CT molecular complexity index is 420. The van der Waals surface area contributed by atoms with Gasteiger partial charge >= 0.3 is 0 Å². The lowest BCUT2D eigenvalue weighted by Gasteiger charge is -2.25. The maximum Gasteiger partial charge on any atom is 0.277 e. The molecule has 2 rings (SSSR count). The predicted molar refractivity (Wildman–Crippen MR) is 70.1 cm³/mol. The Kier molecular flexibility index (Phi) is 5.30. The van der Waals surface area contributed by atoms with Crippen LogP contribution in [0, 0.1) is 5.82 Å². The number of halogens is 1. The fourth-order valence-electron chi connectivity index (χ4n) is 2.17. The quantitative estimate of drug-likeness (QED) is 0.654. The molecular formula is C14H19FN2O2. The number of piperidine rings is 1. The standard InChI is InChI=1S/C14H19FN2O2/c15-13-7-3-2-6-12(13)14(18)16-19-11-10-17-8-4-1-5-9-17/h2-3,6-7H,1,4-5,8-11H2,(H,16,18). The minimum atomic E-state index is -0.545. The third-order valence-electron chi connectivity index (χ3n) is 3.24. The van der Waals surface area contributed by atoms with E-state index >= 15 is 0 Å². The van der Waals surface area contributed by atoms with Gasteiger partial charge < -0.3 is 4.90 Å². The molecule has 0 bridgehead atoms. The van der Waals surface area contributed by atoms with Crippen molar-refractivity contribution in [1.29, 1.82) is 0 Å². The third-order valence-corrected chi connectivity index (χ3v) is 3.24. The van der Waals surface area contributed by atoms with Gasteiger partial charge in [0.15, 0.2) is 0 Å². The van der Waals surface area contributed by atoms with E-state index in [0.29, 0.717) is 6.61 Å². The fraction of sp³-hybridized carbons (Fsp3) is 0.500. The molecule has 0 aliphatic carbocycles. The van der Waals surface area contributed by atoms with E-state index in [2.05, 4.69) is 10.4 Å². The summed E-state index contributed by atoms with van der Waals surface area (Å²) in [7, 11) is 0. The molecule has 1 fully saturated rings. The van der Waals surface area contributed by atoms with Crippen molar-refractivity contribution in [1.82, 2.24) is 10.4 Å². The summed E-state index contributed by atoms with van der Waals surface area (Å²) >= 11 is 0. The van der Waals surface area contributed by atoms with Crippen LogP contribution in [0.4, 0.5) is 4.39 Å². The summed E-state index contributed by atoms with van der Waals surface area (Å²) in [5.74, 6) is -1.09. The van der Waals surface area contributed by atoms with E-state index in [9.17, 15) is 9.18 Å². The normalized spacial score (nSPS) is 16.3. The number of likely N-dealkylation sites (tertiary alicyclic amines) is 1. The minimum Gasteiger partial charge on any atom is -0.301 e. The summed E-state index contributed by atoms with van der Waals surface area (Å²) in [4.78, 5) is 19.0. The Morgan fingerprint density at radius 2 is 2.00 bits per heavy atom. The molecule has 1 N–H and O–H groups in total. The first-order chi connectivity index (χ1) is 9.27. The maximum absolute atomic E-state index is 13.3. The zero-order valence-electron chi connectivity index (χ0n) is 10.9. The molecule has 0 saturated carbocycles. The second-order valence-electron chi connectivity index (χ2n) is 4.66. The number of hydrogen-bond acceptors (Lipinski definition) is 3. The summed E-state index contributed by atoms with van der Waals surface area (Å²) in [5, 5.41) is 0. The van der Waals surface area contributed by atoms with Gasteiger partial charge in [0.2, 0.25) is 0 Å². The molecule has 4 nitrogen and oxygen atoms in total. The summed E-state index contributed by atoms with van der Waals surface area (Å²) in [6.45, 7) is 3.38. The second kappa shape index (κ2) is 7.21. The van der Waals surface area contributed by atoms with Gasteiger partial charge in [-0.25, -0.2) is 9.87 Å². The van der Waals surface area contributed by atoms with Crippen LogP contribution in [-0.4, -0.2) is 37.0 Å². The Morgan fingerprint density at radius 3 is 2.74 bits per heavy atom. The van der Waals surface area contributed by atoms with E-state index in [4.69, 9.17) is 4.84 Å². The molecule has 19 heavy (non-hydrogen) atoms. The number of rotatable bonds is 5. The highest BCUT2D eigenvalue weighted by Crippen LogP contribution is 2.08.